The molecule has 1 aliphatic carbocycles. The van der Waals surface area contributed by atoms with Gasteiger partial charge in [-0.1, -0.05) is 26.2 Å². The second kappa shape index (κ2) is 6.98. The van der Waals surface area contributed by atoms with E-state index in [1.54, 1.807) is 6.26 Å². The van der Waals surface area contributed by atoms with E-state index in [-0.39, 0.29) is 0 Å². The third-order valence-electron chi connectivity index (χ3n) is 4.28. The zero-order chi connectivity index (χ0) is 12.8. The molecule has 0 aromatic carbocycles. The molecule has 2 heteroatoms. The Labute approximate surface area is 111 Å². The molecule has 0 amide bonds. The maximum Gasteiger partial charge on any atom is 0.103 e. The first-order valence-electron chi connectivity index (χ1n) is 7.56. The van der Waals surface area contributed by atoms with Crippen LogP contribution in [0.3, 0.4) is 0 Å². The van der Waals surface area contributed by atoms with Crippen LogP contribution in [0, 0.1) is 5.92 Å². The molecule has 18 heavy (non-hydrogen) atoms. The maximum atomic E-state index is 5.38. The fraction of sp³-hybridized carbons (Fsp3) is 0.750. The molecule has 1 N–H and O–H groups in total. The zero-order valence-electron chi connectivity index (χ0n) is 11.8. The summed E-state index contributed by atoms with van der Waals surface area (Å²) in [6.07, 6.45) is 10.9. The molecule has 0 radical (unpaired) electrons. The summed E-state index contributed by atoms with van der Waals surface area (Å²) >= 11 is 0. The molecule has 0 bridgehead atoms. The van der Waals surface area contributed by atoms with E-state index in [2.05, 4.69) is 25.2 Å². The van der Waals surface area contributed by atoms with Gasteiger partial charge in [0.25, 0.3) is 0 Å². The quantitative estimate of drug-likeness (QED) is 0.819. The molecule has 0 saturated heterocycles. The highest BCUT2D eigenvalue weighted by Crippen LogP contribution is 2.26. The Hall–Kier alpha value is -0.760. The monoisotopic (exact) mass is 249 g/mol. The molecule has 1 aromatic heterocycles. The summed E-state index contributed by atoms with van der Waals surface area (Å²) in [5, 5.41) is 3.80. The fourth-order valence-electron chi connectivity index (χ4n) is 3.11. The van der Waals surface area contributed by atoms with Gasteiger partial charge < -0.3 is 9.73 Å². The molecule has 1 fully saturated rings. The second-order valence-corrected chi connectivity index (χ2v) is 5.82. The Bertz CT molecular complexity index is 320. The molecule has 1 saturated carbocycles. The number of furan rings is 1. The van der Waals surface area contributed by atoms with Crippen molar-refractivity contribution in [3.63, 3.8) is 0 Å². The summed E-state index contributed by atoms with van der Waals surface area (Å²) in [7, 11) is 0. The van der Waals surface area contributed by atoms with E-state index >= 15 is 0 Å². The first-order valence-corrected chi connectivity index (χ1v) is 7.56. The van der Waals surface area contributed by atoms with Crippen LogP contribution in [0.5, 0.6) is 0 Å². The van der Waals surface area contributed by atoms with Crippen LogP contribution < -0.4 is 5.32 Å². The van der Waals surface area contributed by atoms with Gasteiger partial charge in [0.1, 0.15) is 5.76 Å². The highest BCUT2D eigenvalue weighted by molar-refractivity contribution is 4.98. The first-order chi connectivity index (χ1) is 8.78. The van der Waals surface area contributed by atoms with Gasteiger partial charge in [-0.2, -0.15) is 0 Å². The Morgan fingerprint density at radius 3 is 3.06 bits per heavy atom. The van der Waals surface area contributed by atoms with Crippen molar-refractivity contribution in [2.75, 3.05) is 0 Å². The van der Waals surface area contributed by atoms with Crippen LogP contribution in [0.15, 0.2) is 22.8 Å². The van der Waals surface area contributed by atoms with E-state index in [1.807, 2.05) is 6.07 Å². The van der Waals surface area contributed by atoms with Gasteiger partial charge in [-0.15, -0.1) is 0 Å². The smallest absolute Gasteiger partial charge is 0.103 e. The minimum atomic E-state index is 0.593. The van der Waals surface area contributed by atoms with Gasteiger partial charge in [0.05, 0.1) is 6.26 Å². The molecule has 1 aliphatic rings. The molecule has 0 aliphatic heterocycles. The molecule has 2 nitrogen and oxygen atoms in total. The summed E-state index contributed by atoms with van der Waals surface area (Å²) in [6.45, 7) is 4.63. The topological polar surface area (TPSA) is 25.2 Å². The van der Waals surface area contributed by atoms with Crippen LogP contribution in [0.2, 0.25) is 0 Å². The molecule has 2 rings (SSSR count). The lowest BCUT2D eigenvalue weighted by Gasteiger charge is -2.31. The Kier molecular flexibility index (Phi) is 5.30. The maximum absolute atomic E-state index is 5.38. The highest BCUT2D eigenvalue weighted by atomic mass is 16.3. The average Bonchev–Trinajstić information content (AvgIpc) is 2.90. The lowest BCUT2D eigenvalue weighted by Crippen LogP contribution is -2.39. The van der Waals surface area contributed by atoms with Crippen LogP contribution in [0.25, 0.3) is 0 Å². The van der Waals surface area contributed by atoms with Crippen molar-refractivity contribution < 1.29 is 4.42 Å². The Balaban J connectivity index is 1.68. The zero-order valence-corrected chi connectivity index (χ0v) is 11.8. The van der Waals surface area contributed by atoms with Crippen molar-refractivity contribution in [2.24, 2.45) is 5.92 Å². The molecule has 102 valence electrons. The summed E-state index contributed by atoms with van der Waals surface area (Å²) in [5.74, 6) is 2.06. The molecule has 3 unspecified atom stereocenters. The van der Waals surface area contributed by atoms with E-state index < -0.39 is 0 Å². The van der Waals surface area contributed by atoms with E-state index in [4.69, 9.17) is 4.42 Å². The number of rotatable bonds is 6. The molecule has 1 heterocycles. The van der Waals surface area contributed by atoms with Crippen LogP contribution in [0.4, 0.5) is 0 Å². The molecule has 3 atom stereocenters. The van der Waals surface area contributed by atoms with Gasteiger partial charge in [0.2, 0.25) is 0 Å². The third-order valence-corrected chi connectivity index (χ3v) is 4.28. The van der Waals surface area contributed by atoms with E-state index in [1.165, 1.54) is 38.5 Å². The highest BCUT2D eigenvalue weighted by Gasteiger charge is 2.21. The minimum Gasteiger partial charge on any atom is -0.469 e. The molecular weight excluding hydrogens is 222 g/mol. The largest absolute Gasteiger partial charge is 0.469 e. The number of nitrogens with one attached hydrogen (secondary N) is 1. The normalized spacial score (nSPS) is 26.1. The summed E-state index contributed by atoms with van der Waals surface area (Å²) < 4.78 is 5.38. The van der Waals surface area contributed by atoms with Crippen LogP contribution in [-0.4, -0.2) is 12.1 Å². The lowest BCUT2D eigenvalue weighted by molar-refractivity contribution is 0.261. The van der Waals surface area contributed by atoms with Crippen LogP contribution >= 0.6 is 0 Å². The number of hydrogen-bond donors (Lipinski definition) is 1. The van der Waals surface area contributed by atoms with Gasteiger partial charge >= 0.3 is 0 Å². The summed E-state index contributed by atoms with van der Waals surface area (Å²) in [6, 6.07) is 5.38. The van der Waals surface area contributed by atoms with Crippen molar-refractivity contribution in [3.05, 3.63) is 24.2 Å². The fourth-order valence-corrected chi connectivity index (χ4v) is 3.11. The average molecular weight is 249 g/mol. The van der Waals surface area contributed by atoms with Gasteiger partial charge in [0, 0.05) is 18.5 Å². The summed E-state index contributed by atoms with van der Waals surface area (Å²) in [4.78, 5) is 0. The molecule has 0 spiro atoms. The standard InChI is InChI=1S/C16H27NO/c1-3-14-6-4-7-15(12-14)17-13(2)9-10-16-8-5-11-18-16/h5,8,11,13-15,17H,3-4,6-7,9-10,12H2,1-2H3. The van der Waals surface area contributed by atoms with Gasteiger partial charge in [-0.05, 0) is 44.2 Å². The Morgan fingerprint density at radius 1 is 1.44 bits per heavy atom. The van der Waals surface area contributed by atoms with E-state index in [0.29, 0.717) is 6.04 Å². The molecular formula is C16H27NO. The van der Waals surface area contributed by atoms with Gasteiger partial charge in [-0.25, -0.2) is 0 Å². The SMILES string of the molecule is CCC1CCCC(NC(C)CCc2ccco2)C1. The van der Waals surface area contributed by atoms with Crippen molar-refractivity contribution >= 4 is 0 Å². The Morgan fingerprint density at radius 2 is 2.33 bits per heavy atom. The predicted octanol–water partition coefficient (Wildman–Crippen LogP) is 4.16. The first kappa shape index (κ1) is 13.7. The van der Waals surface area contributed by atoms with Crippen LogP contribution in [0.1, 0.15) is 58.1 Å². The van der Waals surface area contributed by atoms with Crippen LogP contribution in [-0.2, 0) is 6.42 Å². The van der Waals surface area contributed by atoms with Crippen molar-refractivity contribution in [1.29, 1.82) is 0 Å². The summed E-state index contributed by atoms with van der Waals surface area (Å²) in [5.41, 5.74) is 0. The number of hydrogen-bond acceptors (Lipinski definition) is 2. The van der Waals surface area contributed by atoms with Gasteiger partial charge in [0.15, 0.2) is 0 Å². The van der Waals surface area contributed by atoms with Crippen molar-refractivity contribution in [3.8, 4) is 0 Å². The van der Waals surface area contributed by atoms with Gasteiger partial charge in [-0.3, -0.25) is 0 Å². The van der Waals surface area contributed by atoms with E-state index in [0.717, 1.165) is 24.1 Å². The van der Waals surface area contributed by atoms with Crippen molar-refractivity contribution in [1.82, 2.24) is 5.32 Å². The number of aryl methyl sites for hydroxylation is 1. The van der Waals surface area contributed by atoms with Crippen molar-refractivity contribution in [2.45, 2.75) is 70.9 Å². The minimum absolute atomic E-state index is 0.593. The molecule has 1 aromatic rings. The van der Waals surface area contributed by atoms with E-state index in [9.17, 15) is 0 Å². The third kappa shape index (κ3) is 4.16. The second-order valence-electron chi connectivity index (χ2n) is 5.82. The predicted molar refractivity (Wildman–Crippen MR) is 75.7 cm³/mol. The lowest BCUT2D eigenvalue weighted by atomic mass is 9.84.